The fraction of sp³-hybridized carbons (Fsp3) is 0.318. The van der Waals surface area contributed by atoms with Crippen LogP contribution >= 0.6 is 0 Å². The molecule has 0 N–H and O–H groups in total. The number of hydrogen-bond acceptors (Lipinski definition) is 7. The van der Waals surface area contributed by atoms with Crippen LogP contribution in [0.25, 0.3) is 11.4 Å². The number of hydrogen-bond donors (Lipinski definition) is 0. The van der Waals surface area contributed by atoms with Crippen molar-refractivity contribution in [3.8, 4) is 17.5 Å². The maximum absolute atomic E-state index is 12.7. The third-order valence-corrected chi connectivity index (χ3v) is 5.50. The van der Waals surface area contributed by atoms with E-state index in [1.807, 2.05) is 17.0 Å². The van der Waals surface area contributed by atoms with Gasteiger partial charge in [-0.3, -0.25) is 4.79 Å². The number of rotatable bonds is 4. The molecule has 8 heteroatoms. The number of nitriles is 1. The lowest BCUT2D eigenvalue weighted by Crippen LogP contribution is -2.49. The van der Waals surface area contributed by atoms with Gasteiger partial charge in [-0.25, -0.2) is 4.98 Å². The first-order valence-corrected chi connectivity index (χ1v) is 10.1. The molecule has 0 unspecified atom stereocenters. The Hall–Kier alpha value is -3.73. The number of carbonyl (C=O) groups excluding carboxylic acids is 1. The lowest BCUT2D eigenvalue weighted by atomic mass is 10.1. The zero-order valence-electron chi connectivity index (χ0n) is 16.4. The molecule has 3 heterocycles. The lowest BCUT2D eigenvalue weighted by Gasteiger charge is -2.35. The molecule has 0 atom stereocenters. The summed E-state index contributed by atoms with van der Waals surface area (Å²) in [6, 6.07) is 12.8. The van der Waals surface area contributed by atoms with Gasteiger partial charge in [-0.05, 0) is 43.2 Å². The van der Waals surface area contributed by atoms with Crippen LogP contribution in [-0.2, 0) is 0 Å². The van der Waals surface area contributed by atoms with Gasteiger partial charge in [0.05, 0.1) is 11.6 Å². The van der Waals surface area contributed by atoms with Crippen LogP contribution in [-0.4, -0.2) is 52.1 Å². The van der Waals surface area contributed by atoms with E-state index in [1.165, 1.54) is 0 Å². The number of piperazine rings is 1. The molecule has 0 bridgehead atoms. The number of anilines is 1. The molecular formula is C22H20N6O2. The molecular weight excluding hydrogens is 380 g/mol. The Labute approximate surface area is 173 Å². The fourth-order valence-electron chi connectivity index (χ4n) is 3.60. The summed E-state index contributed by atoms with van der Waals surface area (Å²) >= 11 is 0. The highest BCUT2D eigenvalue weighted by Gasteiger charge is 2.30. The highest BCUT2D eigenvalue weighted by molar-refractivity contribution is 5.94. The minimum absolute atomic E-state index is 0.0429. The maximum atomic E-state index is 12.7. The number of benzene rings is 1. The van der Waals surface area contributed by atoms with Crippen LogP contribution in [0.3, 0.4) is 0 Å². The van der Waals surface area contributed by atoms with E-state index in [9.17, 15) is 4.79 Å². The number of nitrogens with zero attached hydrogens (tertiary/aromatic N) is 6. The van der Waals surface area contributed by atoms with Crippen LogP contribution in [0.15, 0.2) is 47.1 Å². The first-order chi connectivity index (χ1) is 14.7. The zero-order valence-corrected chi connectivity index (χ0v) is 16.4. The molecule has 150 valence electrons. The molecule has 5 rings (SSSR count). The van der Waals surface area contributed by atoms with Crippen LogP contribution in [0.5, 0.6) is 0 Å². The van der Waals surface area contributed by atoms with Crippen molar-refractivity contribution in [2.45, 2.75) is 18.8 Å². The van der Waals surface area contributed by atoms with Crippen molar-refractivity contribution < 1.29 is 9.32 Å². The normalized spacial score (nSPS) is 16.4. The predicted molar refractivity (Wildman–Crippen MR) is 109 cm³/mol. The predicted octanol–water partition coefficient (Wildman–Crippen LogP) is 2.84. The van der Waals surface area contributed by atoms with Crippen molar-refractivity contribution in [1.29, 1.82) is 5.26 Å². The number of amides is 1. The number of pyridine rings is 1. The van der Waals surface area contributed by atoms with Crippen LogP contribution in [0, 0.1) is 11.3 Å². The van der Waals surface area contributed by atoms with Gasteiger partial charge >= 0.3 is 0 Å². The number of aromatic nitrogens is 3. The average Bonchev–Trinajstić information content (AvgIpc) is 3.55. The second-order valence-corrected chi connectivity index (χ2v) is 7.61. The molecule has 1 aromatic carbocycles. The van der Waals surface area contributed by atoms with E-state index in [2.05, 4.69) is 26.1 Å². The summed E-state index contributed by atoms with van der Waals surface area (Å²) in [6.45, 7) is 2.61. The summed E-state index contributed by atoms with van der Waals surface area (Å²) < 4.78 is 5.32. The topological polar surface area (TPSA) is 99.2 Å². The van der Waals surface area contributed by atoms with Crippen molar-refractivity contribution in [3.05, 3.63) is 59.6 Å². The van der Waals surface area contributed by atoms with Gasteiger partial charge in [-0.15, -0.1) is 0 Å². The standard InChI is InChI=1S/C22H20N6O2/c23-13-15-2-1-3-17(12-15)22(29)28-10-8-27(9-11-28)19-7-6-18(14-24-19)20-25-21(30-26-20)16-4-5-16/h1-3,6-7,12,14,16H,4-5,8-11H2. The van der Waals surface area contributed by atoms with Crippen LogP contribution < -0.4 is 4.90 Å². The molecule has 0 spiro atoms. The van der Waals surface area contributed by atoms with Crippen molar-refractivity contribution in [2.24, 2.45) is 0 Å². The Bertz CT molecular complexity index is 1110. The number of carbonyl (C=O) groups is 1. The van der Waals surface area contributed by atoms with Crippen LogP contribution in [0.1, 0.15) is 40.6 Å². The molecule has 8 nitrogen and oxygen atoms in total. The van der Waals surface area contributed by atoms with Gasteiger partial charge in [-0.1, -0.05) is 11.2 Å². The van der Waals surface area contributed by atoms with E-state index in [0.717, 1.165) is 30.1 Å². The Morgan fingerprint density at radius 2 is 1.97 bits per heavy atom. The average molecular weight is 400 g/mol. The summed E-state index contributed by atoms with van der Waals surface area (Å²) in [5, 5.41) is 13.1. The Morgan fingerprint density at radius 3 is 2.67 bits per heavy atom. The lowest BCUT2D eigenvalue weighted by molar-refractivity contribution is 0.0746. The van der Waals surface area contributed by atoms with Gasteiger partial charge in [0.1, 0.15) is 5.82 Å². The van der Waals surface area contributed by atoms with Gasteiger partial charge in [0.15, 0.2) is 0 Å². The molecule has 1 aliphatic carbocycles. The molecule has 1 aliphatic heterocycles. The van der Waals surface area contributed by atoms with Gasteiger partial charge in [0, 0.05) is 49.4 Å². The molecule has 1 amide bonds. The zero-order chi connectivity index (χ0) is 20.5. The molecule has 2 fully saturated rings. The van der Waals surface area contributed by atoms with Crippen LogP contribution in [0.2, 0.25) is 0 Å². The first-order valence-electron chi connectivity index (χ1n) is 10.1. The summed E-state index contributed by atoms with van der Waals surface area (Å²) in [5.74, 6) is 2.54. The van der Waals surface area contributed by atoms with E-state index in [0.29, 0.717) is 49.0 Å². The summed E-state index contributed by atoms with van der Waals surface area (Å²) in [4.78, 5) is 25.7. The molecule has 2 aliphatic rings. The Morgan fingerprint density at radius 1 is 1.13 bits per heavy atom. The van der Waals surface area contributed by atoms with Crippen molar-refractivity contribution in [3.63, 3.8) is 0 Å². The maximum Gasteiger partial charge on any atom is 0.254 e. The van der Waals surface area contributed by atoms with E-state index < -0.39 is 0 Å². The molecule has 2 aromatic heterocycles. The fourth-order valence-corrected chi connectivity index (χ4v) is 3.60. The van der Waals surface area contributed by atoms with Crippen LogP contribution in [0.4, 0.5) is 5.82 Å². The van der Waals surface area contributed by atoms with E-state index in [1.54, 1.807) is 30.5 Å². The van der Waals surface area contributed by atoms with E-state index in [4.69, 9.17) is 9.78 Å². The summed E-state index contributed by atoms with van der Waals surface area (Å²) in [6.07, 6.45) is 4.01. The van der Waals surface area contributed by atoms with Gasteiger partial charge in [0.25, 0.3) is 5.91 Å². The van der Waals surface area contributed by atoms with Crippen molar-refractivity contribution in [2.75, 3.05) is 31.1 Å². The van der Waals surface area contributed by atoms with Crippen molar-refractivity contribution in [1.82, 2.24) is 20.0 Å². The summed E-state index contributed by atoms with van der Waals surface area (Å²) in [7, 11) is 0. The van der Waals surface area contributed by atoms with Gasteiger partial charge < -0.3 is 14.3 Å². The van der Waals surface area contributed by atoms with E-state index in [-0.39, 0.29) is 5.91 Å². The summed E-state index contributed by atoms with van der Waals surface area (Å²) in [5.41, 5.74) is 1.88. The molecule has 1 saturated carbocycles. The van der Waals surface area contributed by atoms with E-state index >= 15 is 0 Å². The highest BCUT2D eigenvalue weighted by Crippen LogP contribution is 2.39. The Kier molecular flexibility index (Phi) is 4.64. The molecule has 0 radical (unpaired) electrons. The Balaban J connectivity index is 1.22. The molecule has 30 heavy (non-hydrogen) atoms. The monoisotopic (exact) mass is 400 g/mol. The quantitative estimate of drug-likeness (QED) is 0.664. The SMILES string of the molecule is N#Cc1cccc(C(=O)N2CCN(c3ccc(-c4noc(C5CC5)n4)cn3)CC2)c1. The second-order valence-electron chi connectivity index (χ2n) is 7.61. The largest absolute Gasteiger partial charge is 0.353 e. The first kappa shape index (κ1) is 18.3. The minimum atomic E-state index is -0.0429. The smallest absolute Gasteiger partial charge is 0.254 e. The van der Waals surface area contributed by atoms with Gasteiger partial charge in [-0.2, -0.15) is 10.2 Å². The molecule has 3 aromatic rings. The highest BCUT2D eigenvalue weighted by atomic mass is 16.5. The van der Waals surface area contributed by atoms with Crippen molar-refractivity contribution >= 4 is 11.7 Å². The molecule has 1 saturated heterocycles. The third-order valence-electron chi connectivity index (χ3n) is 5.50. The third kappa shape index (κ3) is 3.62. The minimum Gasteiger partial charge on any atom is -0.353 e. The van der Waals surface area contributed by atoms with Gasteiger partial charge in [0.2, 0.25) is 11.7 Å². The second kappa shape index (κ2) is 7.59.